The molecule has 2 N–H and O–H groups in total. The second kappa shape index (κ2) is 7.88. The summed E-state index contributed by atoms with van der Waals surface area (Å²) in [6.07, 6.45) is -3.52. The molecule has 1 heterocycles. The molecule has 0 atom stereocenters. The summed E-state index contributed by atoms with van der Waals surface area (Å²) in [5, 5.41) is 11.0. The first-order valence-corrected chi connectivity index (χ1v) is 7.55. The third-order valence-electron chi connectivity index (χ3n) is 2.75. The van der Waals surface area contributed by atoms with Gasteiger partial charge in [-0.1, -0.05) is 12.1 Å². The largest absolute Gasteiger partial charge is 0.573 e. The van der Waals surface area contributed by atoms with Gasteiger partial charge in [0, 0.05) is 6.20 Å². The Bertz CT molecular complexity index is 783. The minimum absolute atomic E-state index is 0.00151. The van der Waals surface area contributed by atoms with Crippen LogP contribution in [-0.4, -0.2) is 34.1 Å². The van der Waals surface area contributed by atoms with E-state index >= 15 is 0 Å². The molecule has 0 aliphatic heterocycles. The Morgan fingerprint density at radius 3 is 2.60 bits per heavy atom. The highest BCUT2D eigenvalue weighted by atomic mass is 32.2. The van der Waals surface area contributed by atoms with Crippen LogP contribution in [0.15, 0.2) is 47.6 Å². The summed E-state index contributed by atoms with van der Waals surface area (Å²) in [7, 11) is 0. The number of nitrogens with zero attached hydrogens (tertiary/aromatic N) is 1. The molecule has 0 bridgehead atoms. The Labute approximate surface area is 144 Å². The van der Waals surface area contributed by atoms with Crippen LogP contribution in [-0.2, 0) is 4.79 Å². The smallest absolute Gasteiger partial charge is 0.478 e. The maximum atomic E-state index is 12.3. The zero-order valence-electron chi connectivity index (χ0n) is 12.4. The van der Waals surface area contributed by atoms with Crippen LogP contribution in [0, 0.1) is 0 Å². The molecule has 1 aromatic heterocycles. The van der Waals surface area contributed by atoms with Gasteiger partial charge in [0.25, 0.3) is 0 Å². The summed E-state index contributed by atoms with van der Waals surface area (Å²) in [6.45, 7) is -0.349. The van der Waals surface area contributed by atoms with Crippen LogP contribution >= 0.6 is 11.8 Å². The molecule has 10 heteroatoms. The van der Waals surface area contributed by atoms with E-state index in [0.29, 0.717) is 11.8 Å². The Kier molecular flexibility index (Phi) is 5.86. The molecule has 6 nitrogen and oxygen atoms in total. The number of carbonyl (C=O) groups is 2. The number of carboxylic acid groups (broad SMARTS) is 1. The summed E-state index contributed by atoms with van der Waals surface area (Å²) in [5.74, 6) is -1.71. The van der Waals surface area contributed by atoms with Crippen LogP contribution in [0.3, 0.4) is 0 Å². The number of pyridine rings is 1. The van der Waals surface area contributed by atoms with Gasteiger partial charge in [0.15, 0.2) is 5.75 Å². The number of rotatable bonds is 6. The van der Waals surface area contributed by atoms with Crippen molar-refractivity contribution in [1.82, 2.24) is 4.98 Å². The number of aromatic carboxylic acids is 1. The molecule has 2 aromatic rings. The number of thioether (sulfide) groups is 1. The number of ether oxygens (including phenoxy) is 1. The first-order valence-electron chi connectivity index (χ1n) is 6.74. The van der Waals surface area contributed by atoms with E-state index in [9.17, 15) is 22.8 Å². The van der Waals surface area contributed by atoms with E-state index < -0.39 is 23.2 Å². The Hall–Kier alpha value is -2.75. The number of carboxylic acids is 1. The minimum atomic E-state index is -4.86. The molecule has 1 aromatic carbocycles. The quantitative estimate of drug-likeness (QED) is 0.751. The van der Waals surface area contributed by atoms with Crippen LogP contribution < -0.4 is 10.1 Å². The number of hydrogen-bond donors (Lipinski definition) is 2. The number of hydrogen-bond acceptors (Lipinski definition) is 6. The fraction of sp³-hybridized carbons (Fsp3) is 0.133. The Morgan fingerprint density at radius 2 is 1.92 bits per heavy atom. The molecule has 25 heavy (non-hydrogen) atoms. The van der Waals surface area contributed by atoms with Gasteiger partial charge in [-0.05, 0) is 36.0 Å². The SMILES string of the molecule is O=C(CNc1ccccc1OC(F)(F)F)Sc1ncccc1C(=O)O. The molecule has 0 amide bonds. The second-order valence-electron chi connectivity index (χ2n) is 4.53. The number of benzene rings is 1. The standard InChI is InChI=1S/C15H11F3N2O4S/c16-15(17,18)24-11-6-2-1-5-10(11)20-8-12(21)25-13-9(14(22)23)4-3-7-19-13/h1-7,20H,8H2,(H,22,23). The highest BCUT2D eigenvalue weighted by Crippen LogP contribution is 2.30. The van der Waals surface area contributed by atoms with Crippen molar-refractivity contribution >= 4 is 28.5 Å². The third kappa shape index (κ3) is 5.68. The van der Waals surface area contributed by atoms with E-state index in [1.54, 1.807) is 0 Å². The molecule has 132 valence electrons. The number of anilines is 1. The van der Waals surface area contributed by atoms with Crippen molar-refractivity contribution in [1.29, 1.82) is 0 Å². The van der Waals surface area contributed by atoms with Crippen molar-refractivity contribution in [2.75, 3.05) is 11.9 Å². The van der Waals surface area contributed by atoms with Crippen LogP contribution in [0.4, 0.5) is 18.9 Å². The van der Waals surface area contributed by atoms with E-state index in [4.69, 9.17) is 5.11 Å². The molecular formula is C15H11F3N2O4S. The number of alkyl halides is 3. The molecule has 0 saturated heterocycles. The van der Waals surface area contributed by atoms with E-state index in [1.807, 2.05) is 0 Å². The monoisotopic (exact) mass is 372 g/mol. The van der Waals surface area contributed by atoms with Gasteiger partial charge in [-0.3, -0.25) is 4.79 Å². The molecule has 2 rings (SSSR count). The van der Waals surface area contributed by atoms with Crippen molar-refractivity contribution in [3.05, 3.63) is 48.2 Å². The summed E-state index contributed by atoms with van der Waals surface area (Å²) in [5.41, 5.74) is -0.157. The lowest BCUT2D eigenvalue weighted by atomic mass is 10.3. The second-order valence-corrected chi connectivity index (χ2v) is 5.58. The Morgan fingerprint density at radius 1 is 1.20 bits per heavy atom. The normalized spacial score (nSPS) is 11.0. The highest BCUT2D eigenvalue weighted by molar-refractivity contribution is 8.13. The van der Waals surface area contributed by atoms with Crippen LogP contribution in [0.2, 0.25) is 0 Å². The van der Waals surface area contributed by atoms with Crippen molar-refractivity contribution in [3.8, 4) is 5.75 Å². The maximum Gasteiger partial charge on any atom is 0.573 e. The molecular weight excluding hydrogens is 361 g/mol. The fourth-order valence-electron chi connectivity index (χ4n) is 1.77. The molecule has 0 aliphatic carbocycles. The van der Waals surface area contributed by atoms with Gasteiger partial charge < -0.3 is 15.2 Å². The average Bonchev–Trinajstić information content (AvgIpc) is 2.53. The summed E-state index contributed by atoms with van der Waals surface area (Å²) in [6, 6.07) is 7.98. The molecule has 0 radical (unpaired) electrons. The molecule has 0 saturated carbocycles. The van der Waals surface area contributed by atoms with Gasteiger partial charge in [-0.2, -0.15) is 0 Å². The number of aromatic nitrogens is 1. The summed E-state index contributed by atoms with van der Waals surface area (Å²) >= 11 is 0.580. The lowest BCUT2D eigenvalue weighted by Crippen LogP contribution is -2.19. The van der Waals surface area contributed by atoms with Crippen LogP contribution in [0.5, 0.6) is 5.75 Å². The van der Waals surface area contributed by atoms with Crippen molar-refractivity contribution < 1.29 is 32.6 Å². The zero-order valence-corrected chi connectivity index (χ0v) is 13.2. The van der Waals surface area contributed by atoms with E-state index in [-0.39, 0.29) is 22.8 Å². The molecule has 0 unspecified atom stereocenters. The minimum Gasteiger partial charge on any atom is -0.478 e. The highest BCUT2D eigenvalue weighted by Gasteiger charge is 2.32. The summed E-state index contributed by atoms with van der Waals surface area (Å²) < 4.78 is 40.9. The summed E-state index contributed by atoms with van der Waals surface area (Å²) in [4.78, 5) is 26.8. The van der Waals surface area contributed by atoms with E-state index in [0.717, 1.165) is 6.07 Å². The van der Waals surface area contributed by atoms with Gasteiger partial charge in [0.1, 0.15) is 5.03 Å². The van der Waals surface area contributed by atoms with Crippen LogP contribution in [0.1, 0.15) is 10.4 Å². The average molecular weight is 372 g/mol. The number of carbonyl (C=O) groups excluding carboxylic acids is 1. The predicted molar refractivity (Wildman–Crippen MR) is 83.7 cm³/mol. The number of halogens is 3. The van der Waals surface area contributed by atoms with Gasteiger partial charge in [0.2, 0.25) is 5.12 Å². The lowest BCUT2D eigenvalue weighted by molar-refractivity contribution is -0.274. The van der Waals surface area contributed by atoms with Gasteiger partial charge in [0.05, 0.1) is 17.8 Å². The number of para-hydroxylation sites is 2. The molecule has 0 fully saturated rings. The zero-order chi connectivity index (χ0) is 18.4. The molecule has 0 spiro atoms. The number of nitrogens with one attached hydrogen (secondary N) is 1. The predicted octanol–water partition coefficient (Wildman–Crippen LogP) is 3.41. The topological polar surface area (TPSA) is 88.5 Å². The van der Waals surface area contributed by atoms with Gasteiger partial charge in [-0.15, -0.1) is 13.2 Å². The van der Waals surface area contributed by atoms with E-state index in [1.165, 1.54) is 36.5 Å². The Balaban J connectivity index is 2.03. The first kappa shape index (κ1) is 18.6. The van der Waals surface area contributed by atoms with Crippen molar-refractivity contribution in [2.24, 2.45) is 0 Å². The van der Waals surface area contributed by atoms with E-state index in [2.05, 4.69) is 15.0 Å². The molecule has 0 aliphatic rings. The maximum absolute atomic E-state index is 12.3. The van der Waals surface area contributed by atoms with Crippen LogP contribution in [0.25, 0.3) is 0 Å². The first-order chi connectivity index (χ1) is 11.8. The third-order valence-corrected chi connectivity index (χ3v) is 3.64. The van der Waals surface area contributed by atoms with Crippen molar-refractivity contribution in [2.45, 2.75) is 11.4 Å². The van der Waals surface area contributed by atoms with Gasteiger partial charge >= 0.3 is 12.3 Å². The lowest BCUT2D eigenvalue weighted by Gasteiger charge is -2.14. The fourth-order valence-corrected chi connectivity index (χ4v) is 2.51. The van der Waals surface area contributed by atoms with Crippen molar-refractivity contribution in [3.63, 3.8) is 0 Å². The van der Waals surface area contributed by atoms with Gasteiger partial charge in [-0.25, -0.2) is 9.78 Å².